The number of ether oxygens (including phenoxy) is 1. The molecule has 2 aliphatic heterocycles. The molecule has 0 atom stereocenters. The topological polar surface area (TPSA) is 41.9 Å². The molecule has 140 valence electrons. The van der Waals surface area contributed by atoms with Crippen molar-refractivity contribution in [2.45, 2.75) is 19.3 Å². The zero-order valence-electron chi connectivity index (χ0n) is 15.2. The summed E-state index contributed by atoms with van der Waals surface area (Å²) in [7, 11) is 0. The first kappa shape index (κ1) is 18.1. The zero-order valence-corrected chi connectivity index (χ0v) is 16.0. The molecule has 2 heterocycles. The predicted octanol–water partition coefficient (Wildman–Crippen LogP) is 4.21. The monoisotopic (exact) mass is 382 g/mol. The molecule has 5 heteroatoms. The van der Waals surface area contributed by atoms with Gasteiger partial charge in [0.25, 0.3) is 5.91 Å². The average molecular weight is 383 g/mol. The summed E-state index contributed by atoms with van der Waals surface area (Å²) in [6.45, 7) is 3.07. The molecule has 0 aromatic heterocycles. The number of carbonyl (C=O) groups excluding carboxylic acids is 1. The van der Waals surface area contributed by atoms with Crippen molar-refractivity contribution < 1.29 is 9.53 Å². The van der Waals surface area contributed by atoms with E-state index in [1.807, 2.05) is 4.90 Å². The fourth-order valence-corrected chi connectivity index (χ4v) is 3.87. The third-order valence-corrected chi connectivity index (χ3v) is 5.56. The van der Waals surface area contributed by atoms with Crippen molar-refractivity contribution in [3.8, 4) is 0 Å². The molecule has 0 N–H and O–H groups in total. The molecule has 0 bridgehead atoms. The first-order valence-corrected chi connectivity index (χ1v) is 9.88. The highest BCUT2D eigenvalue weighted by Gasteiger charge is 2.24. The standard InChI is InChI=1S/C22H23ClN2O2/c23-20-7-5-19(6-8-20)22(26)25-12-9-17(10-13-25)15-16-1-3-18(4-2-16)21-24-11-14-27-21/h1-8,17H,9-15H2. The normalized spacial score (nSPS) is 17.5. The van der Waals surface area contributed by atoms with Gasteiger partial charge in [-0.1, -0.05) is 23.7 Å². The minimum absolute atomic E-state index is 0.104. The van der Waals surface area contributed by atoms with Gasteiger partial charge in [-0.25, -0.2) is 4.99 Å². The van der Waals surface area contributed by atoms with Crippen LogP contribution in [-0.2, 0) is 11.2 Å². The van der Waals surface area contributed by atoms with Crippen molar-refractivity contribution in [3.63, 3.8) is 0 Å². The Bertz CT molecular complexity index is 822. The van der Waals surface area contributed by atoms with E-state index in [-0.39, 0.29) is 5.91 Å². The van der Waals surface area contributed by atoms with Crippen molar-refractivity contribution in [1.82, 2.24) is 4.90 Å². The van der Waals surface area contributed by atoms with E-state index in [0.29, 0.717) is 23.1 Å². The highest BCUT2D eigenvalue weighted by molar-refractivity contribution is 6.30. The van der Waals surface area contributed by atoms with Crippen LogP contribution in [0.4, 0.5) is 0 Å². The molecule has 0 aliphatic carbocycles. The Morgan fingerprint density at radius 3 is 2.41 bits per heavy atom. The Kier molecular flexibility index (Phi) is 5.44. The lowest BCUT2D eigenvalue weighted by atomic mass is 9.89. The second-order valence-electron chi connectivity index (χ2n) is 7.18. The minimum atomic E-state index is 0.104. The number of benzene rings is 2. The number of hydrogen-bond donors (Lipinski definition) is 0. The average Bonchev–Trinajstić information content (AvgIpc) is 3.24. The van der Waals surface area contributed by atoms with E-state index in [1.54, 1.807) is 24.3 Å². The fourth-order valence-electron chi connectivity index (χ4n) is 3.74. The van der Waals surface area contributed by atoms with Gasteiger partial charge in [-0.15, -0.1) is 0 Å². The number of piperidine rings is 1. The summed E-state index contributed by atoms with van der Waals surface area (Å²) in [5, 5.41) is 0.655. The number of carbonyl (C=O) groups is 1. The maximum atomic E-state index is 12.6. The molecule has 1 amide bonds. The van der Waals surface area contributed by atoms with Crippen LogP contribution < -0.4 is 0 Å². The van der Waals surface area contributed by atoms with Crippen LogP contribution in [-0.4, -0.2) is 42.9 Å². The van der Waals surface area contributed by atoms with Gasteiger partial charge < -0.3 is 9.64 Å². The summed E-state index contributed by atoms with van der Waals surface area (Å²) in [6.07, 6.45) is 3.13. The summed E-state index contributed by atoms with van der Waals surface area (Å²) < 4.78 is 5.51. The van der Waals surface area contributed by atoms with Gasteiger partial charge in [-0.3, -0.25) is 4.79 Å². The number of aliphatic imine (C=N–C) groups is 1. The smallest absolute Gasteiger partial charge is 0.253 e. The van der Waals surface area contributed by atoms with E-state index in [4.69, 9.17) is 16.3 Å². The number of likely N-dealkylation sites (tertiary alicyclic amines) is 1. The van der Waals surface area contributed by atoms with Gasteiger partial charge >= 0.3 is 0 Å². The number of halogens is 1. The molecular formula is C22H23ClN2O2. The molecule has 0 saturated carbocycles. The second kappa shape index (κ2) is 8.13. The summed E-state index contributed by atoms with van der Waals surface area (Å²) in [5.74, 6) is 1.48. The first-order chi connectivity index (χ1) is 13.2. The van der Waals surface area contributed by atoms with Gasteiger partial charge in [0.1, 0.15) is 6.61 Å². The molecule has 2 aromatic rings. The largest absolute Gasteiger partial charge is 0.476 e. The van der Waals surface area contributed by atoms with E-state index in [2.05, 4.69) is 29.3 Å². The first-order valence-electron chi connectivity index (χ1n) is 9.50. The van der Waals surface area contributed by atoms with Crippen LogP contribution in [0.25, 0.3) is 0 Å². The Labute approximate surface area is 164 Å². The number of hydrogen-bond acceptors (Lipinski definition) is 3. The van der Waals surface area contributed by atoms with Crippen LogP contribution in [0.5, 0.6) is 0 Å². The Morgan fingerprint density at radius 2 is 1.78 bits per heavy atom. The molecule has 0 radical (unpaired) electrons. The van der Waals surface area contributed by atoms with Crippen molar-refractivity contribution >= 4 is 23.4 Å². The molecule has 1 fully saturated rings. The molecular weight excluding hydrogens is 360 g/mol. The maximum Gasteiger partial charge on any atom is 0.253 e. The molecule has 4 rings (SSSR count). The summed E-state index contributed by atoms with van der Waals surface area (Å²) in [4.78, 5) is 18.9. The van der Waals surface area contributed by atoms with E-state index in [9.17, 15) is 4.79 Å². The molecule has 2 aliphatic rings. The fraction of sp³-hybridized carbons (Fsp3) is 0.364. The predicted molar refractivity (Wildman–Crippen MR) is 108 cm³/mol. The van der Waals surface area contributed by atoms with Crippen LogP contribution in [0, 0.1) is 5.92 Å². The van der Waals surface area contributed by atoms with Gasteiger partial charge in [0.05, 0.1) is 6.54 Å². The van der Waals surface area contributed by atoms with Crippen LogP contribution >= 0.6 is 11.6 Å². The Morgan fingerprint density at radius 1 is 1.07 bits per heavy atom. The molecule has 4 nitrogen and oxygen atoms in total. The highest BCUT2D eigenvalue weighted by Crippen LogP contribution is 2.24. The van der Waals surface area contributed by atoms with E-state index < -0.39 is 0 Å². The van der Waals surface area contributed by atoms with E-state index in [0.717, 1.165) is 50.4 Å². The zero-order chi connectivity index (χ0) is 18.6. The second-order valence-corrected chi connectivity index (χ2v) is 7.62. The highest BCUT2D eigenvalue weighted by atomic mass is 35.5. The van der Waals surface area contributed by atoms with Gasteiger partial charge in [-0.2, -0.15) is 0 Å². The molecule has 0 spiro atoms. The van der Waals surface area contributed by atoms with Crippen molar-refractivity contribution in [3.05, 3.63) is 70.2 Å². The van der Waals surface area contributed by atoms with Crippen LogP contribution in [0.15, 0.2) is 53.5 Å². The minimum Gasteiger partial charge on any atom is -0.476 e. The summed E-state index contributed by atoms with van der Waals surface area (Å²) in [6, 6.07) is 15.7. The summed E-state index contributed by atoms with van der Waals surface area (Å²) in [5.41, 5.74) is 3.10. The number of rotatable bonds is 4. The van der Waals surface area contributed by atoms with Gasteiger partial charge in [0.15, 0.2) is 0 Å². The van der Waals surface area contributed by atoms with Crippen molar-refractivity contribution in [2.75, 3.05) is 26.2 Å². The summed E-state index contributed by atoms with van der Waals surface area (Å²) >= 11 is 5.91. The lowest BCUT2D eigenvalue weighted by Gasteiger charge is -2.32. The number of amides is 1. The lowest BCUT2D eigenvalue weighted by Crippen LogP contribution is -2.38. The Hall–Kier alpha value is -2.33. The molecule has 0 unspecified atom stereocenters. The van der Waals surface area contributed by atoms with Gasteiger partial charge in [-0.05, 0) is 67.1 Å². The molecule has 1 saturated heterocycles. The van der Waals surface area contributed by atoms with Crippen LogP contribution in [0.3, 0.4) is 0 Å². The van der Waals surface area contributed by atoms with E-state index >= 15 is 0 Å². The van der Waals surface area contributed by atoms with Gasteiger partial charge in [0.2, 0.25) is 5.90 Å². The third kappa shape index (κ3) is 4.33. The molecule has 2 aromatic carbocycles. The third-order valence-electron chi connectivity index (χ3n) is 5.30. The van der Waals surface area contributed by atoms with Crippen LogP contribution in [0.1, 0.15) is 34.3 Å². The van der Waals surface area contributed by atoms with Gasteiger partial charge in [0, 0.05) is 29.2 Å². The van der Waals surface area contributed by atoms with E-state index in [1.165, 1.54) is 5.56 Å². The van der Waals surface area contributed by atoms with Crippen LogP contribution in [0.2, 0.25) is 5.02 Å². The number of nitrogens with zero attached hydrogens (tertiary/aromatic N) is 2. The quantitative estimate of drug-likeness (QED) is 0.794. The molecule has 27 heavy (non-hydrogen) atoms. The lowest BCUT2D eigenvalue weighted by molar-refractivity contribution is 0.0690. The van der Waals surface area contributed by atoms with Crippen molar-refractivity contribution in [2.24, 2.45) is 10.9 Å². The SMILES string of the molecule is O=C(c1ccc(Cl)cc1)N1CCC(Cc2ccc(C3=NCCO3)cc2)CC1. The Balaban J connectivity index is 1.30. The van der Waals surface area contributed by atoms with Crippen molar-refractivity contribution in [1.29, 1.82) is 0 Å². The maximum absolute atomic E-state index is 12.6.